The molecule has 0 aliphatic heterocycles. The van der Waals surface area contributed by atoms with Gasteiger partial charge in [-0.2, -0.15) is 5.10 Å². The summed E-state index contributed by atoms with van der Waals surface area (Å²) in [7, 11) is -4.03. The van der Waals surface area contributed by atoms with Crippen LogP contribution in [0.3, 0.4) is 0 Å². The van der Waals surface area contributed by atoms with Crippen molar-refractivity contribution in [1.82, 2.24) is 14.9 Å². The number of carboxylic acid groups (broad SMARTS) is 1. The highest BCUT2D eigenvalue weighted by Crippen LogP contribution is 2.12. The maximum atomic E-state index is 11.9. The molecule has 0 fully saturated rings. The number of hydrogen-bond acceptors (Lipinski definition) is 5. The van der Waals surface area contributed by atoms with Crippen molar-refractivity contribution in [3.63, 3.8) is 0 Å². The Morgan fingerprint density at radius 2 is 2.16 bits per heavy atom. The average molecular weight is 291 g/mol. The number of nitrogens with one attached hydrogen (secondary N) is 2. The SMILES string of the molecule is CC(C)CC(O)CNS(=O)(=O)c1[nH]ncc1C(=O)O. The van der Waals surface area contributed by atoms with Crippen molar-refractivity contribution in [2.24, 2.45) is 5.92 Å². The van der Waals surface area contributed by atoms with Gasteiger partial charge < -0.3 is 10.2 Å². The van der Waals surface area contributed by atoms with E-state index in [4.69, 9.17) is 5.11 Å². The summed E-state index contributed by atoms with van der Waals surface area (Å²) in [6.07, 6.45) is 0.532. The van der Waals surface area contributed by atoms with Gasteiger partial charge in [0.05, 0.1) is 12.3 Å². The van der Waals surface area contributed by atoms with Gasteiger partial charge in [0.15, 0.2) is 5.03 Å². The molecule has 108 valence electrons. The Hall–Kier alpha value is -1.45. The van der Waals surface area contributed by atoms with Crippen molar-refractivity contribution < 1.29 is 23.4 Å². The quantitative estimate of drug-likeness (QED) is 0.549. The second-order valence-electron chi connectivity index (χ2n) is 4.55. The van der Waals surface area contributed by atoms with Crippen LogP contribution in [0, 0.1) is 5.92 Å². The van der Waals surface area contributed by atoms with E-state index in [1.807, 2.05) is 13.8 Å². The first-order valence-electron chi connectivity index (χ1n) is 5.68. The zero-order valence-corrected chi connectivity index (χ0v) is 11.4. The highest BCUT2D eigenvalue weighted by molar-refractivity contribution is 7.89. The number of rotatable bonds is 7. The minimum absolute atomic E-state index is 0.182. The molecule has 1 heterocycles. The summed E-state index contributed by atoms with van der Waals surface area (Å²) in [5.74, 6) is -1.17. The number of nitrogens with zero attached hydrogens (tertiary/aromatic N) is 1. The molecule has 19 heavy (non-hydrogen) atoms. The van der Waals surface area contributed by atoms with Crippen LogP contribution in [-0.4, -0.2) is 47.4 Å². The number of carbonyl (C=O) groups is 1. The Balaban J connectivity index is 2.76. The molecule has 1 aromatic rings. The van der Waals surface area contributed by atoms with E-state index in [0.29, 0.717) is 6.42 Å². The first kappa shape index (κ1) is 15.6. The van der Waals surface area contributed by atoms with E-state index in [1.165, 1.54) is 0 Å². The molecule has 1 rings (SSSR count). The van der Waals surface area contributed by atoms with E-state index in [-0.39, 0.29) is 12.5 Å². The Labute approximate surface area is 110 Å². The minimum Gasteiger partial charge on any atom is -0.478 e. The first-order valence-corrected chi connectivity index (χ1v) is 7.16. The highest BCUT2D eigenvalue weighted by atomic mass is 32.2. The molecule has 0 bridgehead atoms. The van der Waals surface area contributed by atoms with Crippen molar-refractivity contribution in [2.75, 3.05) is 6.54 Å². The lowest BCUT2D eigenvalue weighted by Gasteiger charge is -2.13. The monoisotopic (exact) mass is 291 g/mol. The predicted molar refractivity (Wildman–Crippen MR) is 66.2 cm³/mol. The van der Waals surface area contributed by atoms with Crippen LogP contribution in [0.2, 0.25) is 0 Å². The molecule has 1 atom stereocenters. The van der Waals surface area contributed by atoms with Crippen LogP contribution in [0.5, 0.6) is 0 Å². The van der Waals surface area contributed by atoms with Gasteiger partial charge in [-0.25, -0.2) is 17.9 Å². The first-order chi connectivity index (χ1) is 8.74. The zero-order chi connectivity index (χ0) is 14.6. The molecule has 4 N–H and O–H groups in total. The number of H-pyrrole nitrogens is 1. The third kappa shape index (κ3) is 4.30. The Morgan fingerprint density at radius 3 is 2.68 bits per heavy atom. The Bertz CT molecular complexity index is 537. The van der Waals surface area contributed by atoms with Gasteiger partial charge in [0.25, 0.3) is 10.0 Å². The second kappa shape index (κ2) is 6.13. The lowest BCUT2D eigenvalue weighted by Crippen LogP contribution is -2.33. The standard InChI is InChI=1S/C10H17N3O5S/c1-6(2)3-7(14)4-12-19(17,18)9-8(10(15)16)5-11-13-9/h5-7,12,14H,3-4H2,1-2H3,(H,11,13)(H,15,16). The zero-order valence-electron chi connectivity index (χ0n) is 10.6. The molecule has 0 aliphatic rings. The van der Waals surface area contributed by atoms with Crippen LogP contribution in [0.15, 0.2) is 11.2 Å². The number of aromatic carboxylic acids is 1. The summed E-state index contributed by atoms with van der Waals surface area (Å²) in [6.45, 7) is 3.61. The Kier molecular flexibility index (Phi) is 5.04. The molecule has 0 spiro atoms. The number of sulfonamides is 1. The molecule has 0 aliphatic carbocycles. The fraction of sp³-hybridized carbons (Fsp3) is 0.600. The molecular formula is C10H17N3O5S. The highest BCUT2D eigenvalue weighted by Gasteiger charge is 2.25. The molecule has 0 amide bonds. The minimum atomic E-state index is -4.03. The van der Waals surface area contributed by atoms with Gasteiger partial charge in [-0.05, 0) is 12.3 Å². The van der Waals surface area contributed by atoms with Gasteiger partial charge in [-0.3, -0.25) is 5.10 Å². The van der Waals surface area contributed by atoms with Crippen molar-refractivity contribution in [1.29, 1.82) is 0 Å². The lowest BCUT2D eigenvalue weighted by atomic mass is 10.1. The van der Waals surface area contributed by atoms with Crippen LogP contribution in [0.25, 0.3) is 0 Å². The second-order valence-corrected chi connectivity index (χ2v) is 6.26. The number of aromatic amines is 1. The molecular weight excluding hydrogens is 274 g/mol. The summed E-state index contributed by atoms with van der Waals surface area (Å²) in [4.78, 5) is 10.8. The lowest BCUT2D eigenvalue weighted by molar-refractivity contribution is 0.0692. The number of aliphatic hydroxyl groups is 1. The summed E-state index contributed by atoms with van der Waals surface area (Å²) in [6, 6.07) is 0. The average Bonchev–Trinajstić information content (AvgIpc) is 2.75. The van der Waals surface area contributed by atoms with Gasteiger partial charge in [0, 0.05) is 6.54 Å². The molecule has 0 radical (unpaired) electrons. The predicted octanol–water partition coefficient (Wildman–Crippen LogP) is -0.207. The molecule has 0 saturated heterocycles. The summed E-state index contributed by atoms with van der Waals surface area (Å²) < 4.78 is 25.9. The van der Waals surface area contributed by atoms with Crippen LogP contribution < -0.4 is 4.72 Å². The molecule has 1 unspecified atom stereocenters. The third-order valence-electron chi connectivity index (χ3n) is 2.36. The normalized spacial score (nSPS) is 13.7. The fourth-order valence-corrected chi connectivity index (χ4v) is 2.70. The number of carboxylic acids is 1. The largest absolute Gasteiger partial charge is 0.478 e. The van der Waals surface area contributed by atoms with Crippen molar-refractivity contribution >= 4 is 16.0 Å². The van der Waals surface area contributed by atoms with Crippen molar-refractivity contribution in [2.45, 2.75) is 31.4 Å². The molecule has 8 nitrogen and oxygen atoms in total. The Morgan fingerprint density at radius 1 is 1.53 bits per heavy atom. The van der Waals surface area contributed by atoms with E-state index in [2.05, 4.69) is 14.9 Å². The topological polar surface area (TPSA) is 132 Å². The van der Waals surface area contributed by atoms with Gasteiger partial charge >= 0.3 is 5.97 Å². The fourth-order valence-electron chi connectivity index (χ4n) is 1.54. The molecule has 0 aromatic carbocycles. The van der Waals surface area contributed by atoms with E-state index in [1.54, 1.807) is 0 Å². The summed E-state index contributed by atoms with van der Waals surface area (Å²) in [5, 5.41) is 23.4. The van der Waals surface area contributed by atoms with Crippen LogP contribution in [0.1, 0.15) is 30.6 Å². The van der Waals surface area contributed by atoms with Gasteiger partial charge in [-0.1, -0.05) is 13.8 Å². The molecule has 0 saturated carbocycles. The summed E-state index contributed by atoms with van der Waals surface area (Å²) >= 11 is 0. The van der Waals surface area contributed by atoms with Gasteiger partial charge in [0.1, 0.15) is 5.56 Å². The molecule has 1 aromatic heterocycles. The van der Waals surface area contributed by atoms with Gasteiger partial charge in [-0.15, -0.1) is 0 Å². The molecule has 9 heteroatoms. The van der Waals surface area contributed by atoms with E-state index in [0.717, 1.165) is 6.20 Å². The summed E-state index contributed by atoms with van der Waals surface area (Å²) in [5.41, 5.74) is -0.439. The van der Waals surface area contributed by atoms with Crippen LogP contribution in [-0.2, 0) is 10.0 Å². The maximum absolute atomic E-state index is 11.9. The van der Waals surface area contributed by atoms with Crippen molar-refractivity contribution in [3.05, 3.63) is 11.8 Å². The van der Waals surface area contributed by atoms with E-state index < -0.39 is 32.7 Å². The van der Waals surface area contributed by atoms with E-state index in [9.17, 15) is 18.3 Å². The number of hydrogen-bond donors (Lipinski definition) is 4. The van der Waals surface area contributed by atoms with E-state index >= 15 is 0 Å². The number of aliphatic hydroxyl groups excluding tert-OH is 1. The smallest absolute Gasteiger partial charge is 0.340 e. The third-order valence-corrected chi connectivity index (χ3v) is 3.75. The van der Waals surface area contributed by atoms with Crippen molar-refractivity contribution in [3.8, 4) is 0 Å². The van der Waals surface area contributed by atoms with Gasteiger partial charge in [0.2, 0.25) is 0 Å². The number of aromatic nitrogens is 2. The van der Waals surface area contributed by atoms with Crippen LogP contribution in [0.4, 0.5) is 0 Å². The maximum Gasteiger partial charge on any atom is 0.340 e. The van der Waals surface area contributed by atoms with Crippen LogP contribution >= 0.6 is 0 Å².